The van der Waals surface area contributed by atoms with Crippen LogP contribution >= 0.6 is 34.7 Å². The first kappa shape index (κ1) is 18.7. The van der Waals surface area contributed by atoms with Crippen molar-refractivity contribution in [2.24, 2.45) is 5.92 Å². The van der Waals surface area contributed by atoms with Crippen LogP contribution in [0.4, 0.5) is 5.13 Å². The van der Waals surface area contributed by atoms with Gasteiger partial charge in [0.2, 0.25) is 5.13 Å². The predicted octanol–water partition coefficient (Wildman–Crippen LogP) is 4.50. The maximum absolute atomic E-state index is 6.32. The lowest BCUT2D eigenvalue weighted by molar-refractivity contribution is 0.396. The standard InChI is InChI=1S/C18H20Cl2N6S/c1-11-21-18(27-24-11)25-7-5-13(6-8-25)9-17-22-12(2)26(23-17)16-4-3-14(19)10-15(16)20/h3-4,10,13H,5-9H2,1-2H3. The van der Waals surface area contributed by atoms with Gasteiger partial charge in [-0.1, -0.05) is 23.2 Å². The largest absolute Gasteiger partial charge is 0.347 e. The Morgan fingerprint density at radius 2 is 1.93 bits per heavy atom. The number of halogens is 2. The summed E-state index contributed by atoms with van der Waals surface area (Å²) in [4.78, 5) is 11.5. The fourth-order valence-electron chi connectivity index (χ4n) is 3.41. The molecule has 1 aromatic carbocycles. The van der Waals surface area contributed by atoms with Crippen LogP contribution in [0.25, 0.3) is 5.69 Å². The Labute approximate surface area is 172 Å². The average molecular weight is 423 g/mol. The molecule has 2 aromatic heterocycles. The number of piperidine rings is 1. The molecule has 0 amide bonds. The van der Waals surface area contributed by atoms with Crippen molar-refractivity contribution < 1.29 is 0 Å². The zero-order valence-electron chi connectivity index (χ0n) is 15.2. The second-order valence-corrected chi connectivity index (χ2v) is 8.42. The van der Waals surface area contributed by atoms with Crippen molar-refractivity contribution >= 4 is 39.9 Å². The van der Waals surface area contributed by atoms with Crippen molar-refractivity contribution in [1.29, 1.82) is 0 Å². The molecule has 27 heavy (non-hydrogen) atoms. The minimum Gasteiger partial charge on any atom is -0.347 e. The lowest BCUT2D eigenvalue weighted by Gasteiger charge is -2.30. The van der Waals surface area contributed by atoms with Crippen LogP contribution in [0.1, 0.15) is 30.3 Å². The Morgan fingerprint density at radius 1 is 1.15 bits per heavy atom. The highest BCUT2D eigenvalue weighted by atomic mass is 35.5. The van der Waals surface area contributed by atoms with Gasteiger partial charge in [-0.05, 0) is 50.8 Å². The van der Waals surface area contributed by atoms with E-state index >= 15 is 0 Å². The van der Waals surface area contributed by atoms with Crippen molar-refractivity contribution in [3.8, 4) is 5.69 Å². The smallest absolute Gasteiger partial charge is 0.205 e. The van der Waals surface area contributed by atoms with Gasteiger partial charge in [0.15, 0.2) is 5.82 Å². The summed E-state index contributed by atoms with van der Waals surface area (Å²) >= 11 is 13.8. The Hall–Kier alpha value is -1.70. The number of nitrogens with zero attached hydrogens (tertiary/aromatic N) is 6. The van der Waals surface area contributed by atoms with E-state index in [0.29, 0.717) is 16.0 Å². The third-order valence-electron chi connectivity index (χ3n) is 4.82. The first-order valence-electron chi connectivity index (χ1n) is 8.93. The van der Waals surface area contributed by atoms with Gasteiger partial charge >= 0.3 is 0 Å². The number of aryl methyl sites for hydroxylation is 2. The molecule has 0 radical (unpaired) electrons. The minimum absolute atomic E-state index is 0.572. The molecule has 1 aliphatic rings. The predicted molar refractivity (Wildman–Crippen MR) is 109 cm³/mol. The van der Waals surface area contributed by atoms with Crippen molar-refractivity contribution in [2.45, 2.75) is 33.1 Å². The summed E-state index contributed by atoms with van der Waals surface area (Å²) in [7, 11) is 0. The SMILES string of the molecule is Cc1nsc(N2CCC(Cc3nc(C)n(-c4ccc(Cl)cc4Cl)n3)CC2)n1. The number of benzene rings is 1. The molecule has 0 saturated carbocycles. The van der Waals surface area contributed by atoms with E-state index in [1.54, 1.807) is 10.7 Å². The molecular formula is C18H20Cl2N6S. The number of rotatable bonds is 4. The van der Waals surface area contributed by atoms with E-state index in [0.717, 1.165) is 60.6 Å². The van der Waals surface area contributed by atoms with Gasteiger partial charge in [0.05, 0.1) is 10.7 Å². The van der Waals surface area contributed by atoms with Crippen LogP contribution in [0.15, 0.2) is 18.2 Å². The van der Waals surface area contributed by atoms with Crippen LogP contribution in [0, 0.1) is 19.8 Å². The topological polar surface area (TPSA) is 59.7 Å². The van der Waals surface area contributed by atoms with E-state index in [1.807, 2.05) is 26.0 Å². The molecule has 1 saturated heterocycles. The van der Waals surface area contributed by atoms with Crippen molar-refractivity contribution in [3.63, 3.8) is 0 Å². The maximum atomic E-state index is 6.32. The Morgan fingerprint density at radius 3 is 2.59 bits per heavy atom. The molecule has 9 heteroatoms. The molecule has 4 rings (SSSR count). The van der Waals surface area contributed by atoms with Crippen molar-refractivity contribution in [1.82, 2.24) is 24.1 Å². The molecular weight excluding hydrogens is 403 g/mol. The van der Waals surface area contributed by atoms with E-state index in [4.69, 9.17) is 23.2 Å². The molecule has 3 aromatic rings. The molecule has 1 aliphatic heterocycles. The second-order valence-electron chi connectivity index (χ2n) is 6.84. The normalized spacial score (nSPS) is 15.5. The van der Waals surface area contributed by atoms with Crippen molar-refractivity contribution in [3.05, 3.63) is 45.7 Å². The summed E-state index contributed by atoms with van der Waals surface area (Å²) < 4.78 is 6.08. The zero-order chi connectivity index (χ0) is 19.0. The van der Waals surface area contributed by atoms with Gasteiger partial charge < -0.3 is 4.90 Å². The average Bonchev–Trinajstić information content (AvgIpc) is 3.22. The summed E-state index contributed by atoms with van der Waals surface area (Å²) in [5.74, 6) is 3.12. The van der Waals surface area contributed by atoms with E-state index < -0.39 is 0 Å². The van der Waals surface area contributed by atoms with Gasteiger partial charge in [0.25, 0.3) is 0 Å². The number of anilines is 1. The van der Waals surface area contributed by atoms with E-state index in [2.05, 4.69) is 24.3 Å². The molecule has 0 unspecified atom stereocenters. The molecule has 6 nitrogen and oxygen atoms in total. The first-order valence-corrected chi connectivity index (χ1v) is 10.5. The molecule has 3 heterocycles. The lowest BCUT2D eigenvalue weighted by Crippen LogP contribution is -2.34. The minimum atomic E-state index is 0.572. The van der Waals surface area contributed by atoms with Gasteiger partial charge in [0.1, 0.15) is 11.6 Å². The van der Waals surface area contributed by atoms with Gasteiger partial charge in [-0.2, -0.15) is 9.47 Å². The third-order valence-corrected chi connectivity index (χ3v) is 6.23. The van der Waals surface area contributed by atoms with E-state index in [9.17, 15) is 0 Å². The molecule has 1 fully saturated rings. The molecule has 0 bridgehead atoms. The first-order chi connectivity index (χ1) is 13.0. The van der Waals surface area contributed by atoms with Crippen LogP contribution in [-0.4, -0.2) is 37.2 Å². The Bertz CT molecular complexity index is 945. The monoisotopic (exact) mass is 422 g/mol. The highest BCUT2D eigenvalue weighted by molar-refractivity contribution is 7.09. The van der Waals surface area contributed by atoms with Crippen LogP contribution in [0.2, 0.25) is 10.0 Å². The molecule has 142 valence electrons. The third kappa shape index (κ3) is 4.10. The summed E-state index contributed by atoms with van der Waals surface area (Å²) in [5, 5.41) is 6.90. The Balaban J connectivity index is 1.42. The van der Waals surface area contributed by atoms with Crippen LogP contribution in [-0.2, 0) is 6.42 Å². The summed E-state index contributed by atoms with van der Waals surface area (Å²) in [6, 6.07) is 5.41. The highest BCUT2D eigenvalue weighted by Crippen LogP contribution is 2.28. The van der Waals surface area contributed by atoms with Gasteiger partial charge in [-0.3, -0.25) is 0 Å². The van der Waals surface area contributed by atoms with Gasteiger partial charge in [0, 0.05) is 36.1 Å². The van der Waals surface area contributed by atoms with Gasteiger partial charge in [-0.15, -0.1) is 0 Å². The highest BCUT2D eigenvalue weighted by Gasteiger charge is 2.23. The van der Waals surface area contributed by atoms with E-state index in [1.165, 1.54) is 11.5 Å². The molecule has 0 spiro atoms. The number of hydrogen-bond donors (Lipinski definition) is 0. The Kier molecular flexibility index (Phi) is 5.34. The number of aromatic nitrogens is 5. The summed E-state index contributed by atoms with van der Waals surface area (Å²) in [6.07, 6.45) is 3.09. The van der Waals surface area contributed by atoms with Crippen LogP contribution < -0.4 is 4.90 Å². The van der Waals surface area contributed by atoms with Crippen LogP contribution in [0.5, 0.6) is 0 Å². The van der Waals surface area contributed by atoms with Crippen molar-refractivity contribution in [2.75, 3.05) is 18.0 Å². The lowest BCUT2D eigenvalue weighted by atomic mass is 9.93. The fraction of sp³-hybridized carbons (Fsp3) is 0.444. The quantitative estimate of drug-likeness (QED) is 0.619. The van der Waals surface area contributed by atoms with Gasteiger partial charge in [-0.25, -0.2) is 14.6 Å². The summed E-state index contributed by atoms with van der Waals surface area (Å²) in [5.41, 5.74) is 0.804. The summed E-state index contributed by atoms with van der Waals surface area (Å²) in [6.45, 7) is 5.88. The second kappa shape index (κ2) is 7.73. The van der Waals surface area contributed by atoms with Crippen LogP contribution in [0.3, 0.4) is 0 Å². The van der Waals surface area contributed by atoms with E-state index in [-0.39, 0.29) is 0 Å². The molecule has 0 atom stereocenters. The molecule has 0 N–H and O–H groups in total. The zero-order valence-corrected chi connectivity index (χ0v) is 17.5. The fourth-order valence-corrected chi connectivity index (χ4v) is 4.63. The number of hydrogen-bond acceptors (Lipinski definition) is 6. The molecule has 0 aliphatic carbocycles. The maximum Gasteiger partial charge on any atom is 0.205 e.